The van der Waals surface area contributed by atoms with E-state index >= 15 is 0 Å². The van der Waals surface area contributed by atoms with Crippen LogP contribution in [0.2, 0.25) is 10.0 Å². The molecule has 1 aliphatic rings. The molecule has 2 N–H and O–H groups in total. The zero-order valence-corrected chi connectivity index (χ0v) is 23.8. The van der Waals surface area contributed by atoms with E-state index in [0.717, 1.165) is 5.56 Å². The first-order valence-electron chi connectivity index (χ1n) is 12.5. The molecule has 0 aliphatic carbocycles. The smallest absolute Gasteiger partial charge is 0.255 e. The van der Waals surface area contributed by atoms with Gasteiger partial charge in [0.05, 0.1) is 42.1 Å². The summed E-state index contributed by atoms with van der Waals surface area (Å²) in [5.74, 6) is 2.23. The van der Waals surface area contributed by atoms with Crippen molar-refractivity contribution in [2.45, 2.75) is 19.9 Å². The number of nitrogens with zero attached hydrogens (tertiary/aromatic N) is 3. The average Bonchev–Trinajstić information content (AvgIpc) is 3.38. The molecule has 5 rings (SSSR count). The number of nitrogens with one attached hydrogen (secondary N) is 2. The van der Waals surface area contributed by atoms with Crippen molar-refractivity contribution < 1.29 is 19.0 Å². The number of anilines is 2. The quantitative estimate of drug-likeness (QED) is 0.242. The number of ether oxygens (including phenoxy) is 3. The minimum absolute atomic E-state index is 0.329. The fraction of sp³-hybridized carbons (Fsp3) is 0.207. The molecule has 2 heterocycles. The summed E-state index contributed by atoms with van der Waals surface area (Å²) >= 11 is 12.4. The van der Waals surface area contributed by atoms with E-state index in [2.05, 4.69) is 10.6 Å². The molecule has 0 spiro atoms. The highest BCUT2D eigenvalue weighted by Crippen LogP contribution is 2.40. The van der Waals surface area contributed by atoms with Crippen molar-refractivity contribution in [2.75, 3.05) is 31.5 Å². The molecule has 0 saturated heterocycles. The standard InChI is InChI=1S/C29H27Cl2N5O4/c1-5-40-23-13-11-17(15-24(23)39-4)26-25(28(37)33-21-8-6-7-9-22(21)38-3)16(2)32-29-34-27(35-36(26)29)18-10-12-19(30)20(31)14-18/h6-15,26H,5H2,1-4H3,(H,33,37)(H,32,34,35). The molecule has 1 amide bonds. The van der Waals surface area contributed by atoms with Gasteiger partial charge in [-0.1, -0.05) is 41.4 Å². The maximum Gasteiger partial charge on any atom is 0.255 e. The minimum atomic E-state index is -0.653. The third kappa shape index (κ3) is 5.17. The monoisotopic (exact) mass is 579 g/mol. The van der Waals surface area contributed by atoms with Crippen LogP contribution in [0.15, 0.2) is 71.9 Å². The topological polar surface area (TPSA) is 99.5 Å². The number of hydrogen-bond donors (Lipinski definition) is 2. The van der Waals surface area contributed by atoms with E-state index in [1.807, 2.05) is 44.2 Å². The fourth-order valence-electron chi connectivity index (χ4n) is 4.58. The number of aromatic nitrogens is 3. The zero-order valence-electron chi connectivity index (χ0n) is 22.3. The van der Waals surface area contributed by atoms with Gasteiger partial charge in [-0.25, -0.2) is 4.68 Å². The predicted octanol–water partition coefficient (Wildman–Crippen LogP) is 6.60. The van der Waals surface area contributed by atoms with Gasteiger partial charge in [0.1, 0.15) is 11.8 Å². The van der Waals surface area contributed by atoms with E-state index in [1.165, 1.54) is 0 Å². The number of rotatable bonds is 8. The summed E-state index contributed by atoms with van der Waals surface area (Å²) in [6, 6.07) is 17.3. The third-order valence-electron chi connectivity index (χ3n) is 6.43. The van der Waals surface area contributed by atoms with Gasteiger partial charge in [-0.15, -0.1) is 5.10 Å². The highest BCUT2D eigenvalue weighted by atomic mass is 35.5. The third-order valence-corrected chi connectivity index (χ3v) is 7.17. The SMILES string of the molecule is CCOc1ccc(C2C(C(=O)Nc3ccccc3OC)=C(C)Nc3nc(-c4ccc(Cl)c(Cl)c4)nn32)cc1OC. The summed E-state index contributed by atoms with van der Waals surface area (Å²) < 4.78 is 18.5. The molecular weight excluding hydrogens is 553 g/mol. The van der Waals surface area contributed by atoms with Gasteiger partial charge >= 0.3 is 0 Å². The highest BCUT2D eigenvalue weighted by Gasteiger charge is 2.35. The normalized spacial score (nSPS) is 14.3. The molecule has 0 saturated carbocycles. The lowest BCUT2D eigenvalue weighted by Gasteiger charge is -2.29. The molecule has 3 aromatic carbocycles. The van der Waals surface area contributed by atoms with Crippen molar-refractivity contribution in [1.29, 1.82) is 0 Å². The van der Waals surface area contributed by atoms with Crippen LogP contribution < -0.4 is 24.8 Å². The Morgan fingerprint density at radius 2 is 1.77 bits per heavy atom. The van der Waals surface area contributed by atoms with Crippen LogP contribution in [0.3, 0.4) is 0 Å². The largest absolute Gasteiger partial charge is 0.495 e. The van der Waals surface area contributed by atoms with Crippen molar-refractivity contribution in [1.82, 2.24) is 14.8 Å². The summed E-state index contributed by atoms with van der Waals surface area (Å²) in [6.07, 6.45) is 0. The van der Waals surface area contributed by atoms with Crippen molar-refractivity contribution in [2.24, 2.45) is 0 Å². The number of para-hydroxylation sites is 2. The number of halogens is 2. The first kappa shape index (κ1) is 27.4. The van der Waals surface area contributed by atoms with Gasteiger partial charge in [0.25, 0.3) is 5.91 Å². The maximum atomic E-state index is 13.9. The fourth-order valence-corrected chi connectivity index (χ4v) is 4.88. The first-order valence-corrected chi connectivity index (χ1v) is 13.2. The Hall–Kier alpha value is -4.21. The van der Waals surface area contributed by atoms with Crippen LogP contribution in [-0.2, 0) is 4.79 Å². The summed E-state index contributed by atoms with van der Waals surface area (Å²) in [5, 5.41) is 11.9. The molecule has 206 valence electrons. The molecular formula is C29H27Cl2N5O4. The first-order chi connectivity index (χ1) is 19.3. The van der Waals surface area contributed by atoms with E-state index < -0.39 is 6.04 Å². The lowest BCUT2D eigenvalue weighted by Crippen LogP contribution is -2.31. The molecule has 1 aromatic heterocycles. The Morgan fingerprint density at radius 3 is 2.50 bits per heavy atom. The molecule has 0 bridgehead atoms. The van der Waals surface area contributed by atoms with Gasteiger partial charge in [0, 0.05) is 11.3 Å². The van der Waals surface area contributed by atoms with Gasteiger partial charge < -0.3 is 24.8 Å². The Morgan fingerprint density at radius 1 is 1.00 bits per heavy atom. The van der Waals surface area contributed by atoms with Gasteiger partial charge in [-0.2, -0.15) is 4.98 Å². The molecule has 11 heteroatoms. The number of allylic oxidation sites excluding steroid dienone is 1. The number of benzene rings is 3. The number of carbonyl (C=O) groups is 1. The van der Waals surface area contributed by atoms with E-state index in [9.17, 15) is 4.79 Å². The summed E-state index contributed by atoms with van der Waals surface area (Å²) in [7, 11) is 3.13. The van der Waals surface area contributed by atoms with Gasteiger partial charge in [0.2, 0.25) is 5.95 Å². The Labute approximate surface area is 241 Å². The van der Waals surface area contributed by atoms with Crippen molar-refractivity contribution in [3.8, 4) is 28.6 Å². The van der Waals surface area contributed by atoms with Gasteiger partial charge in [0.15, 0.2) is 17.3 Å². The molecule has 1 atom stereocenters. The summed E-state index contributed by atoms with van der Waals surface area (Å²) in [5.41, 5.74) is 3.03. The Balaban J connectivity index is 1.63. The average molecular weight is 580 g/mol. The highest BCUT2D eigenvalue weighted by molar-refractivity contribution is 6.42. The van der Waals surface area contributed by atoms with Crippen molar-refractivity contribution >= 4 is 40.7 Å². The Bertz CT molecular complexity index is 1620. The van der Waals surface area contributed by atoms with E-state index in [0.29, 0.717) is 68.2 Å². The van der Waals surface area contributed by atoms with E-state index in [1.54, 1.807) is 49.2 Å². The minimum Gasteiger partial charge on any atom is -0.495 e. The molecule has 1 aliphatic heterocycles. The summed E-state index contributed by atoms with van der Waals surface area (Å²) in [4.78, 5) is 18.6. The van der Waals surface area contributed by atoms with Crippen LogP contribution in [0.1, 0.15) is 25.5 Å². The maximum absolute atomic E-state index is 13.9. The molecule has 40 heavy (non-hydrogen) atoms. The number of hydrogen-bond acceptors (Lipinski definition) is 7. The van der Waals surface area contributed by atoms with Crippen molar-refractivity contribution in [3.05, 3.63) is 87.5 Å². The second-order valence-corrected chi connectivity index (χ2v) is 9.71. The molecule has 0 fully saturated rings. The van der Waals surface area contributed by atoms with Crippen LogP contribution in [0.4, 0.5) is 11.6 Å². The van der Waals surface area contributed by atoms with Crippen LogP contribution in [-0.4, -0.2) is 41.5 Å². The number of methoxy groups -OCH3 is 2. The number of amides is 1. The lowest BCUT2D eigenvalue weighted by molar-refractivity contribution is -0.113. The van der Waals surface area contributed by atoms with Gasteiger partial charge in [-0.05, 0) is 61.9 Å². The number of carbonyl (C=O) groups excluding carboxylic acids is 1. The van der Waals surface area contributed by atoms with Crippen LogP contribution >= 0.6 is 23.2 Å². The molecule has 4 aromatic rings. The second-order valence-electron chi connectivity index (χ2n) is 8.90. The summed E-state index contributed by atoms with van der Waals surface area (Å²) in [6.45, 7) is 4.21. The predicted molar refractivity (Wildman–Crippen MR) is 156 cm³/mol. The molecule has 9 nitrogen and oxygen atoms in total. The molecule has 0 radical (unpaired) electrons. The van der Waals surface area contributed by atoms with Gasteiger partial charge in [-0.3, -0.25) is 4.79 Å². The Kier molecular flexibility index (Phi) is 7.86. The van der Waals surface area contributed by atoms with E-state index in [-0.39, 0.29) is 5.91 Å². The van der Waals surface area contributed by atoms with Crippen molar-refractivity contribution in [3.63, 3.8) is 0 Å². The van der Waals surface area contributed by atoms with Crippen LogP contribution in [0.25, 0.3) is 11.4 Å². The van der Waals surface area contributed by atoms with E-state index in [4.69, 9.17) is 47.5 Å². The lowest BCUT2D eigenvalue weighted by atomic mass is 9.94. The molecule has 1 unspecified atom stereocenters. The number of fused-ring (bicyclic) bond motifs is 1. The van der Waals surface area contributed by atoms with Crippen LogP contribution in [0.5, 0.6) is 17.2 Å². The zero-order chi connectivity index (χ0) is 28.4. The van der Waals surface area contributed by atoms with Crippen LogP contribution in [0, 0.1) is 0 Å². The second kappa shape index (κ2) is 11.5.